The van der Waals surface area contributed by atoms with Crippen molar-refractivity contribution in [3.63, 3.8) is 0 Å². The molecule has 3 heteroatoms. The fraction of sp³-hybridized carbons (Fsp3) is 0.296. The first-order valence-corrected chi connectivity index (χ1v) is 10.5. The van der Waals surface area contributed by atoms with Crippen LogP contribution in [0.4, 0.5) is 0 Å². The number of ether oxygens (including phenoxy) is 1. The van der Waals surface area contributed by atoms with Crippen molar-refractivity contribution in [2.24, 2.45) is 0 Å². The zero-order chi connectivity index (χ0) is 23.9. The summed E-state index contributed by atoms with van der Waals surface area (Å²) in [6.45, 7) is 8.19. The number of aryl methyl sites for hydroxylation is 2. The Morgan fingerprint density at radius 1 is 0.867 bits per heavy atom. The monoisotopic (exact) mass is 402 g/mol. The number of imidazole rings is 1. The Morgan fingerprint density at radius 2 is 1.57 bits per heavy atom. The molecule has 0 radical (unpaired) electrons. The number of rotatable bonds is 5. The van der Waals surface area contributed by atoms with Gasteiger partial charge in [-0.1, -0.05) is 62.4 Å². The number of nitrogens with zero attached hydrogens (tertiary/aromatic N) is 2. The first-order chi connectivity index (χ1) is 15.6. The summed E-state index contributed by atoms with van der Waals surface area (Å²) in [6, 6.07) is 22.2. The predicted octanol–water partition coefficient (Wildman–Crippen LogP) is 7.03. The largest absolute Gasteiger partial charge is 0.468 e. The lowest BCUT2D eigenvalue weighted by molar-refractivity contribution is -0.695. The minimum absolute atomic E-state index is 0.0950. The molecule has 4 rings (SSSR count). The van der Waals surface area contributed by atoms with E-state index in [4.69, 9.17) is 8.85 Å². The topological polar surface area (TPSA) is 18.0 Å². The molecule has 0 atom stereocenters. The van der Waals surface area contributed by atoms with Crippen molar-refractivity contribution in [2.45, 2.75) is 53.4 Å². The van der Waals surface area contributed by atoms with Gasteiger partial charge >= 0.3 is 6.01 Å². The van der Waals surface area contributed by atoms with E-state index >= 15 is 0 Å². The third-order valence-electron chi connectivity index (χ3n) is 5.50. The Hall–Kier alpha value is -3.07. The van der Waals surface area contributed by atoms with Gasteiger partial charge in [-0.3, -0.25) is 0 Å². The third-order valence-corrected chi connectivity index (χ3v) is 5.50. The van der Waals surface area contributed by atoms with Crippen molar-refractivity contribution in [2.75, 3.05) is 0 Å². The Morgan fingerprint density at radius 3 is 2.30 bits per heavy atom. The van der Waals surface area contributed by atoms with Crippen LogP contribution in [0.3, 0.4) is 0 Å². The van der Waals surface area contributed by atoms with E-state index in [1.54, 1.807) is 12.1 Å². The highest BCUT2D eigenvalue weighted by atomic mass is 16.5. The second-order valence-electron chi connectivity index (χ2n) is 8.34. The van der Waals surface area contributed by atoms with Crippen LogP contribution in [0.2, 0.25) is 0 Å². The predicted molar refractivity (Wildman–Crippen MR) is 124 cm³/mol. The molecule has 3 aromatic carbocycles. The number of para-hydroxylation sites is 4. The standard InChI is InChI=1S/C27H31N2O/c1-18(2)22-14-7-10-17-25(22)30-27-28(19(3)4)23-15-8-9-16-24(23)29(27)26-20(5)12-11-13-21(26)6/h7-19H,1-6H3/q+1/i5D3. The molecule has 0 spiro atoms. The van der Waals surface area contributed by atoms with Crippen LogP contribution in [0.5, 0.6) is 11.8 Å². The molecule has 0 aliphatic heterocycles. The van der Waals surface area contributed by atoms with E-state index in [0.717, 1.165) is 27.9 Å². The lowest BCUT2D eigenvalue weighted by Crippen LogP contribution is -2.37. The number of hydrogen-bond donors (Lipinski definition) is 0. The molecule has 0 amide bonds. The van der Waals surface area contributed by atoms with Crippen molar-refractivity contribution in [3.05, 3.63) is 83.4 Å². The van der Waals surface area contributed by atoms with Gasteiger partial charge in [0.25, 0.3) is 0 Å². The summed E-state index contributed by atoms with van der Waals surface area (Å²) in [4.78, 5) is 0. The van der Waals surface area contributed by atoms with Gasteiger partial charge in [0, 0.05) is 4.11 Å². The number of benzene rings is 3. The zero-order valence-electron chi connectivity index (χ0n) is 21.3. The fourth-order valence-corrected chi connectivity index (χ4v) is 4.09. The Kier molecular flexibility index (Phi) is 4.44. The highest BCUT2D eigenvalue weighted by Crippen LogP contribution is 2.35. The SMILES string of the molecule is [2H]C([2H])([2H])c1cccc(C)c1-n1c(Oc2ccccc2C(C)C)[n+](C(C)C)c2ccccc21. The lowest BCUT2D eigenvalue weighted by Gasteiger charge is -2.15. The lowest BCUT2D eigenvalue weighted by atomic mass is 10.0. The van der Waals surface area contributed by atoms with Gasteiger partial charge in [-0.2, -0.15) is 9.13 Å². The van der Waals surface area contributed by atoms with Crippen LogP contribution in [-0.4, -0.2) is 4.57 Å². The van der Waals surface area contributed by atoms with Crippen LogP contribution in [-0.2, 0) is 0 Å². The first kappa shape index (κ1) is 16.7. The molecule has 0 aliphatic rings. The van der Waals surface area contributed by atoms with Crippen molar-refractivity contribution in [1.29, 1.82) is 0 Å². The Bertz CT molecular complexity index is 1300. The van der Waals surface area contributed by atoms with E-state index < -0.39 is 6.85 Å². The molecule has 4 aromatic rings. The van der Waals surface area contributed by atoms with Gasteiger partial charge < -0.3 is 4.74 Å². The molecule has 1 aromatic heterocycles. The van der Waals surface area contributed by atoms with Crippen LogP contribution in [0.1, 0.15) is 60.5 Å². The van der Waals surface area contributed by atoms with E-state index in [2.05, 4.69) is 44.4 Å². The second-order valence-corrected chi connectivity index (χ2v) is 8.34. The second kappa shape index (κ2) is 7.98. The van der Waals surface area contributed by atoms with E-state index in [0.29, 0.717) is 17.3 Å². The van der Waals surface area contributed by atoms with Gasteiger partial charge in [-0.05, 0) is 68.4 Å². The summed E-state index contributed by atoms with van der Waals surface area (Å²) >= 11 is 0. The van der Waals surface area contributed by atoms with Crippen molar-refractivity contribution in [1.82, 2.24) is 4.57 Å². The normalized spacial score (nSPS) is 13.5. The summed E-state index contributed by atoms with van der Waals surface area (Å²) < 4.78 is 35.5. The maximum atomic E-state index is 8.21. The quantitative estimate of drug-likeness (QED) is 0.328. The Balaban J connectivity index is 2.12. The average Bonchev–Trinajstić information content (AvgIpc) is 3.07. The number of fused-ring (bicyclic) bond motifs is 1. The molecule has 0 unspecified atom stereocenters. The zero-order valence-corrected chi connectivity index (χ0v) is 18.3. The van der Waals surface area contributed by atoms with Crippen molar-refractivity contribution < 1.29 is 13.4 Å². The van der Waals surface area contributed by atoms with Gasteiger partial charge in [0.2, 0.25) is 0 Å². The fourth-order valence-electron chi connectivity index (χ4n) is 4.09. The van der Waals surface area contributed by atoms with Crippen LogP contribution in [0.15, 0.2) is 66.7 Å². The third kappa shape index (κ3) is 3.39. The highest BCUT2D eigenvalue weighted by molar-refractivity contribution is 5.76. The summed E-state index contributed by atoms with van der Waals surface area (Å²) in [5.74, 6) is 1.05. The Labute approximate surface area is 183 Å². The van der Waals surface area contributed by atoms with Gasteiger partial charge in [-0.15, -0.1) is 0 Å². The number of aromatic nitrogens is 2. The molecular formula is C27H31N2O+. The van der Waals surface area contributed by atoms with Crippen LogP contribution < -0.4 is 9.30 Å². The maximum Gasteiger partial charge on any atom is 0.468 e. The summed E-state index contributed by atoms with van der Waals surface area (Å²) in [5, 5.41) is 0. The van der Waals surface area contributed by atoms with Crippen LogP contribution in [0, 0.1) is 13.8 Å². The molecule has 0 bridgehead atoms. The molecule has 0 saturated heterocycles. The van der Waals surface area contributed by atoms with E-state index in [-0.39, 0.29) is 12.0 Å². The van der Waals surface area contributed by atoms with E-state index in [1.165, 1.54) is 0 Å². The van der Waals surface area contributed by atoms with Crippen LogP contribution >= 0.6 is 0 Å². The van der Waals surface area contributed by atoms with E-state index in [1.807, 2.05) is 54.0 Å². The molecule has 0 saturated carbocycles. The summed E-state index contributed by atoms with van der Waals surface area (Å²) in [7, 11) is 0. The number of hydrogen-bond acceptors (Lipinski definition) is 1. The minimum atomic E-state index is -2.26. The smallest absolute Gasteiger partial charge is 0.391 e. The molecule has 30 heavy (non-hydrogen) atoms. The summed E-state index contributed by atoms with van der Waals surface area (Å²) in [6.07, 6.45) is 0. The molecule has 154 valence electrons. The molecule has 1 heterocycles. The van der Waals surface area contributed by atoms with Crippen molar-refractivity contribution in [3.8, 4) is 17.4 Å². The highest BCUT2D eigenvalue weighted by Gasteiger charge is 2.32. The average molecular weight is 403 g/mol. The molecule has 0 N–H and O–H groups in total. The van der Waals surface area contributed by atoms with Gasteiger partial charge in [0.1, 0.15) is 11.4 Å². The maximum absolute atomic E-state index is 8.21. The molecule has 0 aliphatic carbocycles. The van der Waals surface area contributed by atoms with Crippen LogP contribution in [0.25, 0.3) is 16.7 Å². The van der Waals surface area contributed by atoms with E-state index in [9.17, 15) is 0 Å². The molecule has 3 nitrogen and oxygen atoms in total. The van der Waals surface area contributed by atoms with Gasteiger partial charge in [-0.25, -0.2) is 0 Å². The minimum Gasteiger partial charge on any atom is -0.391 e. The summed E-state index contributed by atoms with van der Waals surface area (Å²) in [5.41, 5.74) is 4.83. The molecule has 0 fully saturated rings. The van der Waals surface area contributed by atoms with Crippen molar-refractivity contribution >= 4 is 11.0 Å². The molecular weight excluding hydrogens is 368 g/mol. The van der Waals surface area contributed by atoms with Gasteiger partial charge in [0.05, 0.1) is 6.04 Å². The van der Waals surface area contributed by atoms with Gasteiger partial charge in [0.15, 0.2) is 11.0 Å². The first-order valence-electron chi connectivity index (χ1n) is 12.0.